The standard InChI is InChI=1S/C22H22FN3O3/c1-2-29-19-9-5-17(6-10-19)20-13-22(28)26(15-25-20)14-21(27)24-12-11-16-3-7-18(23)8-4-16/h3-10,13,15H,2,11-12,14H2,1H3,(H,24,27). The number of hydrogen-bond acceptors (Lipinski definition) is 4. The molecule has 1 amide bonds. The van der Waals surface area contributed by atoms with E-state index in [1.807, 2.05) is 31.2 Å². The first-order valence-electron chi connectivity index (χ1n) is 9.36. The second kappa shape index (κ2) is 9.64. The molecule has 3 aromatic rings. The van der Waals surface area contributed by atoms with E-state index in [0.717, 1.165) is 16.9 Å². The van der Waals surface area contributed by atoms with Crippen molar-refractivity contribution in [3.8, 4) is 17.0 Å². The summed E-state index contributed by atoms with van der Waals surface area (Å²) >= 11 is 0. The van der Waals surface area contributed by atoms with Crippen LogP contribution < -0.4 is 15.6 Å². The maximum Gasteiger partial charge on any atom is 0.254 e. The molecule has 0 radical (unpaired) electrons. The van der Waals surface area contributed by atoms with Crippen LogP contribution >= 0.6 is 0 Å². The minimum atomic E-state index is -0.308. The molecule has 0 aliphatic carbocycles. The smallest absolute Gasteiger partial charge is 0.254 e. The SMILES string of the molecule is CCOc1ccc(-c2cc(=O)n(CC(=O)NCCc3ccc(F)cc3)cn2)cc1. The van der Waals surface area contributed by atoms with Crippen LogP contribution in [0.2, 0.25) is 0 Å². The van der Waals surface area contributed by atoms with Crippen LogP contribution in [-0.2, 0) is 17.8 Å². The molecule has 0 saturated heterocycles. The fourth-order valence-corrected chi connectivity index (χ4v) is 2.80. The highest BCUT2D eigenvalue weighted by atomic mass is 19.1. The second-order valence-electron chi connectivity index (χ2n) is 6.42. The first-order valence-corrected chi connectivity index (χ1v) is 9.36. The Morgan fingerprint density at radius 2 is 1.86 bits per heavy atom. The van der Waals surface area contributed by atoms with Gasteiger partial charge in [0, 0.05) is 18.2 Å². The van der Waals surface area contributed by atoms with Gasteiger partial charge in [0.25, 0.3) is 5.56 Å². The molecule has 29 heavy (non-hydrogen) atoms. The Labute approximate surface area is 168 Å². The number of nitrogens with one attached hydrogen (secondary N) is 1. The number of carbonyl (C=O) groups excluding carboxylic acids is 1. The number of carbonyl (C=O) groups is 1. The second-order valence-corrected chi connectivity index (χ2v) is 6.42. The van der Waals surface area contributed by atoms with Crippen LogP contribution in [0.1, 0.15) is 12.5 Å². The first kappa shape index (κ1) is 20.3. The third kappa shape index (κ3) is 5.75. The number of hydrogen-bond donors (Lipinski definition) is 1. The van der Waals surface area contributed by atoms with E-state index in [1.54, 1.807) is 12.1 Å². The van der Waals surface area contributed by atoms with Gasteiger partial charge in [0.1, 0.15) is 18.1 Å². The van der Waals surface area contributed by atoms with Crippen LogP contribution in [0.15, 0.2) is 65.7 Å². The summed E-state index contributed by atoms with van der Waals surface area (Å²) in [6.45, 7) is 2.78. The largest absolute Gasteiger partial charge is 0.494 e. The summed E-state index contributed by atoms with van der Waals surface area (Å²) in [5.41, 5.74) is 1.94. The Hall–Kier alpha value is -3.48. The van der Waals surface area contributed by atoms with Gasteiger partial charge in [-0.2, -0.15) is 0 Å². The van der Waals surface area contributed by atoms with Crippen LogP contribution in [0.3, 0.4) is 0 Å². The van der Waals surface area contributed by atoms with Gasteiger partial charge in [0.15, 0.2) is 0 Å². The lowest BCUT2D eigenvalue weighted by atomic mass is 10.1. The molecule has 7 heteroatoms. The summed E-state index contributed by atoms with van der Waals surface area (Å²) < 4.78 is 19.5. The van der Waals surface area contributed by atoms with Crippen molar-refractivity contribution in [2.24, 2.45) is 0 Å². The minimum absolute atomic E-state index is 0.112. The summed E-state index contributed by atoms with van der Waals surface area (Å²) in [6, 6.07) is 14.8. The van der Waals surface area contributed by atoms with Crippen molar-refractivity contribution in [2.75, 3.05) is 13.2 Å². The Bertz CT molecular complexity index is 1010. The molecule has 0 saturated carbocycles. The van der Waals surface area contributed by atoms with Crippen LogP contribution in [0.4, 0.5) is 4.39 Å². The average Bonchev–Trinajstić information content (AvgIpc) is 2.72. The molecule has 150 valence electrons. The monoisotopic (exact) mass is 395 g/mol. The number of ether oxygens (including phenoxy) is 1. The van der Waals surface area contributed by atoms with E-state index in [9.17, 15) is 14.0 Å². The predicted octanol–water partition coefficient (Wildman–Crippen LogP) is 2.81. The van der Waals surface area contributed by atoms with E-state index in [4.69, 9.17) is 4.74 Å². The maximum atomic E-state index is 12.9. The van der Waals surface area contributed by atoms with E-state index >= 15 is 0 Å². The van der Waals surface area contributed by atoms with Gasteiger partial charge in [-0.3, -0.25) is 14.2 Å². The summed E-state index contributed by atoms with van der Waals surface area (Å²) in [5.74, 6) is 0.171. The van der Waals surface area contributed by atoms with Gasteiger partial charge in [-0.1, -0.05) is 12.1 Å². The molecule has 0 bridgehead atoms. The van der Waals surface area contributed by atoms with Gasteiger partial charge >= 0.3 is 0 Å². The van der Waals surface area contributed by atoms with E-state index in [-0.39, 0.29) is 23.8 Å². The van der Waals surface area contributed by atoms with Gasteiger partial charge in [-0.15, -0.1) is 0 Å². The lowest BCUT2D eigenvalue weighted by molar-refractivity contribution is -0.121. The third-order valence-electron chi connectivity index (χ3n) is 4.30. The van der Waals surface area contributed by atoms with Crippen LogP contribution in [-0.4, -0.2) is 28.6 Å². The van der Waals surface area contributed by atoms with Crippen LogP contribution in [0.5, 0.6) is 5.75 Å². The number of nitrogens with zero attached hydrogens (tertiary/aromatic N) is 2. The van der Waals surface area contributed by atoms with E-state index in [2.05, 4.69) is 10.3 Å². The van der Waals surface area contributed by atoms with Crippen molar-refractivity contribution >= 4 is 5.91 Å². The molecule has 0 unspecified atom stereocenters. The Morgan fingerprint density at radius 1 is 1.14 bits per heavy atom. The summed E-state index contributed by atoms with van der Waals surface area (Å²) in [7, 11) is 0. The van der Waals surface area contributed by atoms with Gasteiger partial charge in [0.2, 0.25) is 5.91 Å². The summed E-state index contributed by atoms with van der Waals surface area (Å²) in [5, 5.41) is 2.75. The Kier molecular flexibility index (Phi) is 6.73. The highest BCUT2D eigenvalue weighted by Gasteiger charge is 2.07. The topological polar surface area (TPSA) is 73.2 Å². The molecule has 1 heterocycles. The molecule has 0 fully saturated rings. The number of amides is 1. The summed E-state index contributed by atoms with van der Waals surface area (Å²) in [4.78, 5) is 28.7. The highest BCUT2D eigenvalue weighted by molar-refractivity contribution is 5.75. The fraction of sp³-hybridized carbons (Fsp3) is 0.227. The third-order valence-corrected chi connectivity index (χ3v) is 4.30. The quantitative estimate of drug-likeness (QED) is 0.637. The van der Waals surface area contributed by atoms with E-state index in [0.29, 0.717) is 25.3 Å². The van der Waals surface area contributed by atoms with Crippen molar-refractivity contribution in [3.05, 3.63) is 82.7 Å². The molecule has 0 aliphatic heterocycles. The van der Waals surface area contributed by atoms with Crippen LogP contribution in [0.25, 0.3) is 11.3 Å². The Balaban J connectivity index is 1.56. The molecule has 1 aromatic heterocycles. The average molecular weight is 395 g/mol. The summed E-state index contributed by atoms with van der Waals surface area (Å²) in [6.07, 6.45) is 1.95. The van der Waals surface area contributed by atoms with E-state index < -0.39 is 0 Å². The molecule has 0 aliphatic rings. The highest BCUT2D eigenvalue weighted by Crippen LogP contribution is 2.19. The van der Waals surface area contributed by atoms with Gasteiger partial charge < -0.3 is 10.1 Å². The zero-order valence-electron chi connectivity index (χ0n) is 16.1. The van der Waals surface area contributed by atoms with Crippen molar-refractivity contribution < 1.29 is 13.9 Å². The molecule has 3 rings (SSSR count). The minimum Gasteiger partial charge on any atom is -0.494 e. The molecular weight excluding hydrogens is 373 g/mol. The lowest BCUT2D eigenvalue weighted by Gasteiger charge is -2.09. The molecule has 0 atom stereocenters. The fourth-order valence-electron chi connectivity index (χ4n) is 2.80. The van der Waals surface area contributed by atoms with Crippen molar-refractivity contribution in [3.63, 3.8) is 0 Å². The van der Waals surface area contributed by atoms with Crippen molar-refractivity contribution in [1.29, 1.82) is 0 Å². The molecule has 2 aromatic carbocycles. The zero-order valence-corrected chi connectivity index (χ0v) is 16.1. The van der Waals surface area contributed by atoms with Crippen molar-refractivity contribution in [1.82, 2.24) is 14.9 Å². The predicted molar refractivity (Wildman–Crippen MR) is 108 cm³/mol. The normalized spacial score (nSPS) is 10.6. The number of aromatic nitrogens is 2. The lowest BCUT2D eigenvalue weighted by Crippen LogP contribution is -2.33. The number of benzene rings is 2. The number of rotatable bonds is 8. The van der Waals surface area contributed by atoms with Gasteiger partial charge in [-0.25, -0.2) is 9.37 Å². The van der Waals surface area contributed by atoms with Crippen LogP contribution in [0, 0.1) is 5.82 Å². The molecule has 6 nitrogen and oxygen atoms in total. The maximum absolute atomic E-state index is 12.9. The molecule has 0 spiro atoms. The Morgan fingerprint density at radius 3 is 2.52 bits per heavy atom. The van der Waals surface area contributed by atoms with Crippen molar-refractivity contribution in [2.45, 2.75) is 19.9 Å². The molecular formula is C22H22FN3O3. The molecule has 1 N–H and O–H groups in total. The van der Waals surface area contributed by atoms with Gasteiger partial charge in [-0.05, 0) is 55.3 Å². The number of halogens is 1. The van der Waals surface area contributed by atoms with E-state index in [1.165, 1.54) is 29.1 Å². The van der Waals surface area contributed by atoms with Gasteiger partial charge in [0.05, 0.1) is 18.6 Å². The zero-order chi connectivity index (χ0) is 20.6. The first-order chi connectivity index (χ1) is 14.0.